The van der Waals surface area contributed by atoms with Crippen LogP contribution >= 0.6 is 11.3 Å². The summed E-state index contributed by atoms with van der Waals surface area (Å²) in [6.45, 7) is 4.87. The number of likely N-dealkylation sites (tertiary alicyclic amines) is 1. The number of carbonyl (C=O) groups excluding carboxylic acids is 1. The van der Waals surface area contributed by atoms with Crippen molar-refractivity contribution in [1.29, 1.82) is 0 Å². The Balaban J connectivity index is 1.47. The third-order valence-electron chi connectivity index (χ3n) is 4.72. The zero-order valence-corrected chi connectivity index (χ0v) is 14.2. The minimum absolute atomic E-state index is 0.0168. The van der Waals surface area contributed by atoms with Crippen molar-refractivity contribution in [2.45, 2.75) is 6.92 Å². The van der Waals surface area contributed by atoms with E-state index in [0.717, 1.165) is 5.69 Å². The van der Waals surface area contributed by atoms with Gasteiger partial charge in [0.15, 0.2) is 0 Å². The quantitative estimate of drug-likeness (QED) is 0.833. The minimum Gasteiger partial charge on any atom is -0.463 e. The molecule has 0 aliphatic carbocycles. The first-order valence-corrected chi connectivity index (χ1v) is 8.78. The standard InChI is InChI=1S/C16H18N4O3S/c1-11-2-3-17-15(19-11)23-9-16-7-20(4-12(16)5-22-8-16)14(21)13-6-24-10-18-13/h2-3,6,10,12H,4-5,7-9H2,1H3/t12-,16+/m1/s1. The second kappa shape index (κ2) is 6.10. The predicted molar refractivity (Wildman–Crippen MR) is 87.0 cm³/mol. The van der Waals surface area contributed by atoms with Crippen LogP contribution in [0.15, 0.2) is 23.2 Å². The molecule has 0 unspecified atom stereocenters. The van der Waals surface area contributed by atoms with Gasteiger partial charge in [0.1, 0.15) is 12.3 Å². The lowest BCUT2D eigenvalue weighted by Gasteiger charge is -2.26. The van der Waals surface area contributed by atoms with E-state index in [1.54, 1.807) is 17.1 Å². The van der Waals surface area contributed by atoms with E-state index in [2.05, 4.69) is 15.0 Å². The number of hydrogen-bond donors (Lipinski definition) is 0. The van der Waals surface area contributed by atoms with Gasteiger partial charge in [-0.2, -0.15) is 0 Å². The summed E-state index contributed by atoms with van der Waals surface area (Å²) in [7, 11) is 0. The molecular formula is C16H18N4O3S. The van der Waals surface area contributed by atoms with Crippen molar-refractivity contribution < 1.29 is 14.3 Å². The molecular weight excluding hydrogens is 328 g/mol. The van der Waals surface area contributed by atoms with Crippen LogP contribution in [0.2, 0.25) is 0 Å². The van der Waals surface area contributed by atoms with Crippen molar-refractivity contribution in [3.8, 4) is 6.01 Å². The Kier molecular flexibility index (Phi) is 3.93. The summed E-state index contributed by atoms with van der Waals surface area (Å²) in [5.74, 6) is 0.252. The van der Waals surface area contributed by atoms with Crippen molar-refractivity contribution in [1.82, 2.24) is 19.9 Å². The maximum absolute atomic E-state index is 12.6. The van der Waals surface area contributed by atoms with Gasteiger partial charge < -0.3 is 14.4 Å². The van der Waals surface area contributed by atoms with E-state index in [4.69, 9.17) is 9.47 Å². The summed E-state index contributed by atoms with van der Waals surface area (Å²) < 4.78 is 11.5. The fourth-order valence-electron chi connectivity index (χ4n) is 3.37. The number of ether oxygens (including phenoxy) is 2. The van der Waals surface area contributed by atoms with Crippen LogP contribution in [0.4, 0.5) is 0 Å². The van der Waals surface area contributed by atoms with Crippen LogP contribution in [-0.2, 0) is 4.74 Å². The highest BCUT2D eigenvalue weighted by Gasteiger charge is 2.52. The predicted octanol–water partition coefficient (Wildman–Crippen LogP) is 1.41. The molecule has 0 bridgehead atoms. The van der Waals surface area contributed by atoms with Crippen LogP contribution in [0.5, 0.6) is 6.01 Å². The van der Waals surface area contributed by atoms with Crippen LogP contribution in [0.1, 0.15) is 16.2 Å². The van der Waals surface area contributed by atoms with Gasteiger partial charge in [-0.3, -0.25) is 4.79 Å². The van der Waals surface area contributed by atoms with Gasteiger partial charge in [0, 0.05) is 36.3 Å². The van der Waals surface area contributed by atoms with Crippen LogP contribution in [0, 0.1) is 18.3 Å². The Hall–Kier alpha value is -2.06. The molecule has 4 rings (SSSR count). The molecule has 2 aliphatic rings. The third kappa shape index (κ3) is 2.76. The van der Waals surface area contributed by atoms with Crippen LogP contribution in [-0.4, -0.2) is 58.7 Å². The number of thiazole rings is 1. The Bertz CT molecular complexity index is 739. The smallest absolute Gasteiger partial charge is 0.316 e. The molecule has 4 heterocycles. The van der Waals surface area contributed by atoms with Gasteiger partial charge in [0.05, 0.1) is 24.1 Å². The molecule has 7 nitrogen and oxygen atoms in total. The summed E-state index contributed by atoms with van der Waals surface area (Å²) in [6.07, 6.45) is 1.69. The molecule has 8 heteroatoms. The zero-order chi connectivity index (χ0) is 16.6. The number of nitrogens with zero attached hydrogens (tertiary/aromatic N) is 4. The summed E-state index contributed by atoms with van der Waals surface area (Å²) in [4.78, 5) is 27.0. The highest BCUT2D eigenvalue weighted by Crippen LogP contribution is 2.42. The van der Waals surface area contributed by atoms with E-state index in [9.17, 15) is 4.79 Å². The van der Waals surface area contributed by atoms with Crippen molar-refractivity contribution in [3.63, 3.8) is 0 Å². The fraction of sp³-hybridized carbons (Fsp3) is 0.500. The van der Waals surface area contributed by atoms with E-state index >= 15 is 0 Å². The molecule has 2 atom stereocenters. The molecule has 2 aromatic rings. The Morgan fingerprint density at radius 1 is 1.54 bits per heavy atom. The lowest BCUT2D eigenvalue weighted by molar-refractivity contribution is 0.0646. The second-order valence-electron chi connectivity index (χ2n) is 6.40. The summed E-state index contributed by atoms with van der Waals surface area (Å²) in [5.41, 5.74) is 2.86. The van der Waals surface area contributed by atoms with Gasteiger partial charge in [-0.25, -0.2) is 15.0 Å². The summed E-state index contributed by atoms with van der Waals surface area (Å²) >= 11 is 1.43. The van der Waals surface area contributed by atoms with Gasteiger partial charge >= 0.3 is 6.01 Å². The Morgan fingerprint density at radius 3 is 3.25 bits per heavy atom. The number of amides is 1. The molecule has 1 amide bonds. The topological polar surface area (TPSA) is 77.4 Å². The zero-order valence-electron chi connectivity index (χ0n) is 13.3. The second-order valence-corrected chi connectivity index (χ2v) is 7.12. The van der Waals surface area contributed by atoms with Gasteiger partial charge in [-0.05, 0) is 13.0 Å². The molecule has 0 spiro atoms. The number of aryl methyl sites for hydroxylation is 1. The number of hydrogen-bond acceptors (Lipinski definition) is 7. The minimum atomic E-state index is -0.196. The molecule has 2 saturated heterocycles. The first-order valence-electron chi connectivity index (χ1n) is 7.84. The first-order chi connectivity index (χ1) is 11.7. The van der Waals surface area contributed by atoms with Gasteiger partial charge in [-0.15, -0.1) is 11.3 Å². The normalized spacial score (nSPS) is 25.7. The lowest BCUT2D eigenvalue weighted by Crippen LogP contribution is -2.38. The molecule has 2 fully saturated rings. The first kappa shape index (κ1) is 15.5. The van der Waals surface area contributed by atoms with Crippen molar-refractivity contribution in [3.05, 3.63) is 34.5 Å². The third-order valence-corrected chi connectivity index (χ3v) is 5.31. The Morgan fingerprint density at radius 2 is 2.46 bits per heavy atom. The van der Waals surface area contributed by atoms with Crippen molar-refractivity contribution in [2.75, 3.05) is 32.9 Å². The largest absolute Gasteiger partial charge is 0.463 e. The summed E-state index contributed by atoms with van der Waals surface area (Å²) in [6, 6.07) is 2.20. The molecule has 2 aromatic heterocycles. The van der Waals surface area contributed by atoms with E-state index in [1.807, 2.05) is 17.9 Å². The molecule has 2 aliphatic heterocycles. The highest BCUT2D eigenvalue weighted by molar-refractivity contribution is 7.07. The molecule has 0 aromatic carbocycles. The van der Waals surface area contributed by atoms with Crippen molar-refractivity contribution >= 4 is 17.2 Å². The highest BCUT2D eigenvalue weighted by atomic mass is 32.1. The monoisotopic (exact) mass is 346 g/mol. The number of aromatic nitrogens is 3. The van der Waals surface area contributed by atoms with E-state index in [0.29, 0.717) is 44.6 Å². The van der Waals surface area contributed by atoms with Crippen LogP contribution in [0.3, 0.4) is 0 Å². The molecule has 0 N–H and O–H groups in total. The van der Waals surface area contributed by atoms with E-state index in [1.165, 1.54) is 11.3 Å². The van der Waals surface area contributed by atoms with Gasteiger partial charge in [0.2, 0.25) is 0 Å². The van der Waals surface area contributed by atoms with E-state index < -0.39 is 0 Å². The number of carbonyl (C=O) groups is 1. The molecule has 24 heavy (non-hydrogen) atoms. The molecule has 0 saturated carbocycles. The molecule has 126 valence electrons. The number of rotatable bonds is 4. The summed E-state index contributed by atoms with van der Waals surface area (Å²) in [5, 5.41) is 1.79. The SMILES string of the molecule is Cc1ccnc(OC[C@]23COC[C@H]2CN(C(=O)c2cscn2)C3)n1. The maximum Gasteiger partial charge on any atom is 0.316 e. The molecule has 0 radical (unpaired) electrons. The lowest BCUT2D eigenvalue weighted by atomic mass is 9.82. The van der Waals surface area contributed by atoms with Crippen LogP contribution in [0.25, 0.3) is 0 Å². The van der Waals surface area contributed by atoms with E-state index in [-0.39, 0.29) is 17.2 Å². The van der Waals surface area contributed by atoms with Gasteiger partial charge in [-0.1, -0.05) is 0 Å². The van der Waals surface area contributed by atoms with Gasteiger partial charge in [0.25, 0.3) is 5.91 Å². The average molecular weight is 346 g/mol. The van der Waals surface area contributed by atoms with Crippen molar-refractivity contribution in [2.24, 2.45) is 11.3 Å². The fourth-order valence-corrected chi connectivity index (χ4v) is 3.90. The number of fused-ring (bicyclic) bond motifs is 1. The Labute approximate surface area is 143 Å². The maximum atomic E-state index is 12.6. The van der Waals surface area contributed by atoms with Crippen LogP contribution < -0.4 is 4.74 Å². The average Bonchev–Trinajstić information content (AvgIpc) is 3.28.